The van der Waals surface area contributed by atoms with Gasteiger partial charge in [0.15, 0.2) is 5.15 Å². The topological polar surface area (TPSA) is 51.8 Å². The lowest BCUT2D eigenvalue weighted by atomic mass is 10.4. The maximum Gasteiger partial charge on any atom is 0.156 e. The number of hydrogen-bond acceptors (Lipinski definition) is 4. The zero-order valence-corrected chi connectivity index (χ0v) is 9.03. The first kappa shape index (κ1) is 10.6. The van der Waals surface area contributed by atoms with E-state index in [-0.39, 0.29) is 0 Å². The van der Waals surface area contributed by atoms with Crippen molar-refractivity contribution in [1.29, 1.82) is 0 Å². The van der Waals surface area contributed by atoms with Gasteiger partial charge in [-0.2, -0.15) is 0 Å². The third kappa shape index (κ3) is 3.04. The van der Waals surface area contributed by atoms with Crippen molar-refractivity contribution < 1.29 is 0 Å². The minimum atomic E-state index is 0.342. The standard InChI is InChI=1S/C8H12ClN3S/c1-2-3-4-13-8-6(10)7(9)11-5-12-8/h5H,2-4,10H2,1H3. The Kier molecular flexibility index (Phi) is 4.32. The molecule has 0 aliphatic carbocycles. The van der Waals surface area contributed by atoms with Crippen LogP contribution in [0, 0.1) is 0 Å². The molecule has 1 rings (SSSR count). The van der Waals surface area contributed by atoms with Gasteiger partial charge in [0.05, 0.1) is 0 Å². The van der Waals surface area contributed by atoms with Gasteiger partial charge in [0.2, 0.25) is 0 Å². The Labute approximate surface area is 87.1 Å². The van der Waals surface area contributed by atoms with Crippen LogP contribution in [0.3, 0.4) is 0 Å². The predicted octanol–water partition coefficient (Wildman–Crippen LogP) is 2.60. The minimum absolute atomic E-state index is 0.342. The quantitative estimate of drug-likeness (QED) is 0.479. The molecular formula is C8H12ClN3S. The summed E-state index contributed by atoms with van der Waals surface area (Å²) in [6, 6.07) is 0. The zero-order valence-electron chi connectivity index (χ0n) is 7.46. The van der Waals surface area contributed by atoms with Gasteiger partial charge in [-0.05, 0) is 12.2 Å². The molecule has 0 aliphatic heterocycles. The molecule has 3 nitrogen and oxygen atoms in total. The number of anilines is 1. The van der Waals surface area contributed by atoms with Crippen LogP contribution in [-0.2, 0) is 0 Å². The van der Waals surface area contributed by atoms with Crippen molar-refractivity contribution in [3.8, 4) is 0 Å². The molecule has 0 fully saturated rings. The van der Waals surface area contributed by atoms with Gasteiger partial charge in [0.1, 0.15) is 17.0 Å². The highest BCUT2D eigenvalue weighted by molar-refractivity contribution is 7.99. The summed E-state index contributed by atoms with van der Waals surface area (Å²) >= 11 is 7.36. The molecular weight excluding hydrogens is 206 g/mol. The molecule has 0 radical (unpaired) electrons. The molecule has 72 valence electrons. The molecule has 0 atom stereocenters. The number of unbranched alkanes of at least 4 members (excludes halogenated alkanes) is 1. The van der Waals surface area contributed by atoms with E-state index >= 15 is 0 Å². The van der Waals surface area contributed by atoms with E-state index in [4.69, 9.17) is 17.3 Å². The van der Waals surface area contributed by atoms with Gasteiger partial charge in [-0.25, -0.2) is 9.97 Å². The monoisotopic (exact) mass is 217 g/mol. The third-order valence-corrected chi connectivity index (χ3v) is 2.93. The molecule has 0 aliphatic rings. The molecule has 0 saturated carbocycles. The molecule has 2 N–H and O–H groups in total. The molecule has 5 heteroatoms. The SMILES string of the molecule is CCCCSc1ncnc(Cl)c1N. The van der Waals surface area contributed by atoms with Crippen LogP contribution >= 0.6 is 23.4 Å². The van der Waals surface area contributed by atoms with E-state index in [9.17, 15) is 0 Å². The average Bonchev–Trinajstić information content (AvgIpc) is 2.13. The van der Waals surface area contributed by atoms with Crippen LogP contribution in [0.1, 0.15) is 19.8 Å². The molecule has 0 spiro atoms. The molecule has 0 bridgehead atoms. The van der Waals surface area contributed by atoms with E-state index < -0.39 is 0 Å². The number of hydrogen-bond donors (Lipinski definition) is 1. The number of aromatic nitrogens is 2. The second-order valence-corrected chi connectivity index (χ2v) is 4.03. The minimum Gasteiger partial charge on any atom is -0.394 e. The van der Waals surface area contributed by atoms with Crippen LogP contribution in [0.4, 0.5) is 5.69 Å². The maximum atomic E-state index is 5.74. The largest absolute Gasteiger partial charge is 0.394 e. The van der Waals surface area contributed by atoms with Crippen LogP contribution in [-0.4, -0.2) is 15.7 Å². The Morgan fingerprint density at radius 2 is 2.31 bits per heavy atom. The second kappa shape index (κ2) is 5.29. The lowest BCUT2D eigenvalue weighted by Gasteiger charge is -2.03. The number of nitrogens with two attached hydrogens (primary N) is 1. The molecule has 0 aromatic carbocycles. The smallest absolute Gasteiger partial charge is 0.156 e. The van der Waals surface area contributed by atoms with Crippen LogP contribution < -0.4 is 5.73 Å². The van der Waals surface area contributed by atoms with E-state index in [1.165, 1.54) is 12.7 Å². The normalized spacial score (nSPS) is 10.3. The Morgan fingerprint density at radius 1 is 1.54 bits per heavy atom. The number of thioether (sulfide) groups is 1. The van der Waals surface area contributed by atoms with E-state index in [0.717, 1.165) is 17.2 Å². The highest BCUT2D eigenvalue weighted by atomic mass is 35.5. The highest BCUT2D eigenvalue weighted by Gasteiger charge is 2.05. The van der Waals surface area contributed by atoms with Gasteiger partial charge >= 0.3 is 0 Å². The van der Waals surface area contributed by atoms with E-state index in [1.54, 1.807) is 11.8 Å². The summed E-state index contributed by atoms with van der Waals surface area (Å²) in [5, 5.41) is 1.13. The van der Waals surface area contributed by atoms with E-state index in [1.807, 2.05) is 0 Å². The lowest BCUT2D eigenvalue weighted by Crippen LogP contribution is -1.95. The molecule has 0 saturated heterocycles. The van der Waals surface area contributed by atoms with Gasteiger partial charge in [0.25, 0.3) is 0 Å². The Morgan fingerprint density at radius 3 is 3.00 bits per heavy atom. The maximum absolute atomic E-state index is 5.74. The van der Waals surface area contributed by atoms with Crippen molar-refractivity contribution in [3.63, 3.8) is 0 Å². The van der Waals surface area contributed by atoms with Gasteiger partial charge < -0.3 is 5.73 Å². The fraction of sp³-hybridized carbons (Fsp3) is 0.500. The average molecular weight is 218 g/mol. The van der Waals surface area contributed by atoms with E-state index in [0.29, 0.717) is 10.8 Å². The number of halogens is 1. The molecule has 0 unspecified atom stereocenters. The fourth-order valence-corrected chi connectivity index (χ4v) is 1.98. The van der Waals surface area contributed by atoms with Crippen molar-refractivity contribution in [2.75, 3.05) is 11.5 Å². The lowest BCUT2D eigenvalue weighted by molar-refractivity contribution is 0.894. The van der Waals surface area contributed by atoms with Gasteiger partial charge in [-0.15, -0.1) is 11.8 Å². The van der Waals surface area contributed by atoms with Crippen molar-refractivity contribution in [3.05, 3.63) is 11.5 Å². The van der Waals surface area contributed by atoms with Crippen molar-refractivity contribution >= 4 is 29.1 Å². The number of nitrogens with zero attached hydrogens (tertiary/aromatic N) is 2. The molecule has 0 amide bonds. The summed E-state index contributed by atoms with van der Waals surface area (Å²) in [6.45, 7) is 2.15. The Hall–Kier alpha value is -0.480. The highest BCUT2D eigenvalue weighted by Crippen LogP contribution is 2.27. The van der Waals surface area contributed by atoms with E-state index in [2.05, 4.69) is 16.9 Å². The Balaban J connectivity index is 2.61. The van der Waals surface area contributed by atoms with Gasteiger partial charge in [-0.1, -0.05) is 24.9 Å². The van der Waals surface area contributed by atoms with Gasteiger partial charge in [0, 0.05) is 0 Å². The molecule has 1 aromatic heterocycles. The molecule has 13 heavy (non-hydrogen) atoms. The first-order chi connectivity index (χ1) is 6.25. The summed E-state index contributed by atoms with van der Waals surface area (Å²) in [5.74, 6) is 1.02. The first-order valence-electron chi connectivity index (χ1n) is 4.14. The van der Waals surface area contributed by atoms with Crippen LogP contribution in [0.25, 0.3) is 0 Å². The number of nitrogen functional groups attached to an aromatic ring is 1. The van der Waals surface area contributed by atoms with Crippen molar-refractivity contribution in [2.24, 2.45) is 0 Å². The summed E-state index contributed by atoms with van der Waals surface area (Å²) in [5.41, 5.74) is 6.18. The van der Waals surface area contributed by atoms with Crippen molar-refractivity contribution in [1.82, 2.24) is 9.97 Å². The summed E-state index contributed by atoms with van der Waals surface area (Å²) < 4.78 is 0. The van der Waals surface area contributed by atoms with Crippen LogP contribution in [0.5, 0.6) is 0 Å². The third-order valence-electron chi connectivity index (χ3n) is 1.54. The summed E-state index contributed by atoms with van der Waals surface area (Å²) in [6.07, 6.45) is 3.77. The molecule has 1 aromatic rings. The van der Waals surface area contributed by atoms with Crippen LogP contribution in [0.15, 0.2) is 11.4 Å². The van der Waals surface area contributed by atoms with Crippen molar-refractivity contribution in [2.45, 2.75) is 24.8 Å². The molecule has 1 heterocycles. The Bertz CT molecular complexity index is 280. The summed E-state index contributed by atoms with van der Waals surface area (Å²) in [4.78, 5) is 7.84. The van der Waals surface area contributed by atoms with Gasteiger partial charge in [-0.3, -0.25) is 0 Å². The van der Waals surface area contributed by atoms with Crippen LogP contribution in [0.2, 0.25) is 5.15 Å². The second-order valence-electron chi connectivity index (χ2n) is 2.59. The zero-order chi connectivity index (χ0) is 9.68. The first-order valence-corrected chi connectivity index (χ1v) is 5.50. The fourth-order valence-electron chi connectivity index (χ4n) is 0.788. The predicted molar refractivity (Wildman–Crippen MR) is 57.1 cm³/mol. The number of rotatable bonds is 4. The summed E-state index contributed by atoms with van der Waals surface area (Å²) in [7, 11) is 0.